The molecule has 0 radical (unpaired) electrons. The molecule has 1 aromatic carbocycles. The van der Waals surface area contributed by atoms with Crippen LogP contribution in [0, 0.1) is 5.82 Å². The topological polar surface area (TPSA) is 130 Å². The molecule has 0 amide bonds. The van der Waals surface area contributed by atoms with Crippen molar-refractivity contribution in [2.24, 2.45) is 0 Å². The minimum Gasteiger partial charge on any atom is -0.755 e. The highest BCUT2D eigenvalue weighted by Crippen LogP contribution is 2.27. The van der Waals surface area contributed by atoms with Crippen molar-refractivity contribution in [1.29, 1.82) is 0 Å². The highest BCUT2D eigenvalue weighted by atomic mass is 32.3. The zero-order valence-electron chi connectivity index (χ0n) is 7.18. The smallest absolute Gasteiger partial charge is 0.172 e. The Kier molecular flexibility index (Phi) is 1.74. The number of fused-ring (bicyclic) bond motifs is 1. The van der Waals surface area contributed by atoms with E-state index in [4.69, 9.17) is 0 Å². The number of sulfonamides is 3. The van der Waals surface area contributed by atoms with Gasteiger partial charge in [-0.05, 0) is 22.4 Å². The second-order valence-corrected chi connectivity index (χ2v) is 5.30. The summed E-state index contributed by atoms with van der Waals surface area (Å²) in [4.78, 5) is -0.746. The average molecular weight is 234 g/mol. The zero-order chi connectivity index (χ0) is 11.3. The van der Waals surface area contributed by atoms with Crippen LogP contribution in [0.4, 0.5) is 4.39 Å². The Morgan fingerprint density at radius 2 is 1.93 bits per heavy atom. The van der Waals surface area contributed by atoms with E-state index in [1.54, 1.807) is 0 Å². The van der Waals surface area contributed by atoms with E-state index in [-0.39, 0.29) is 0 Å². The first-order valence-corrected chi connectivity index (χ1v) is 5.64. The van der Waals surface area contributed by atoms with Gasteiger partial charge < -0.3 is 14.2 Å². The molecule has 0 atom stereocenters. The summed E-state index contributed by atoms with van der Waals surface area (Å²) in [7, 11) is -5.73. The first-order chi connectivity index (χ1) is 6.76. The number of hydrogen-bond acceptors (Lipinski definition) is 6. The lowest BCUT2D eigenvalue weighted by Gasteiger charge is -2.46. The highest BCUT2D eigenvalue weighted by molar-refractivity contribution is 8.03. The van der Waals surface area contributed by atoms with E-state index in [9.17, 15) is 17.7 Å². The van der Waals surface area contributed by atoms with Crippen LogP contribution in [0.1, 0.15) is 0 Å². The molecule has 3 N–H and O–H groups in total. The Morgan fingerprint density at radius 1 is 1.33 bits per heavy atom. The van der Waals surface area contributed by atoms with Gasteiger partial charge in [0.1, 0.15) is 0 Å². The standard InChI is InChI=1S/C6H6FN3O4S/c7-3-1-2-4(15(8,11,12)13)6-5(3)9-14-10-6/h1-2H,(H4,8,11,12,13)/p-1. The number of nitrogens with zero attached hydrogens (tertiary/aromatic N) is 2. The number of benzene rings is 1. The van der Waals surface area contributed by atoms with E-state index in [1.807, 2.05) is 0 Å². The van der Waals surface area contributed by atoms with Crippen LogP contribution < -0.4 is 5.14 Å². The van der Waals surface area contributed by atoms with Crippen LogP contribution in [0.5, 0.6) is 0 Å². The number of hydrogen-bond donors (Lipinski definition) is 1. The van der Waals surface area contributed by atoms with Crippen LogP contribution in [-0.2, 0) is 9.81 Å². The van der Waals surface area contributed by atoms with E-state index in [1.165, 1.54) is 0 Å². The van der Waals surface area contributed by atoms with Crippen molar-refractivity contribution >= 4 is 20.8 Å². The van der Waals surface area contributed by atoms with Crippen molar-refractivity contribution in [3.05, 3.63) is 17.9 Å². The highest BCUT2D eigenvalue weighted by Gasteiger charge is 2.20. The average Bonchev–Trinajstić information content (AvgIpc) is 2.49. The third kappa shape index (κ3) is 1.61. The summed E-state index contributed by atoms with van der Waals surface area (Å²) in [5.41, 5.74) is -0.867. The van der Waals surface area contributed by atoms with Crippen LogP contribution >= 0.6 is 0 Å². The van der Waals surface area contributed by atoms with Gasteiger partial charge in [0.05, 0.1) is 4.90 Å². The number of halogens is 1. The molecule has 1 aromatic heterocycles. The van der Waals surface area contributed by atoms with E-state index in [0.717, 1.165) is 12.1 Å². The van der Waals surface area contributed by atoms with Crippen LogP contribution in [-0.4, -0.2) is 23.6 Å². The monoisotopic (exact) mass is 234 g/mol. The molecule has 0 aliphatic heterocycles. The lowest BCUT2D eigenvalue weighted by atomic mass is 10.3. The molecule has 0 saturated carbocycles. The number of rotatable bonds is 1. The molecule has 0 fully saturated rings. The normalized spacial score (nSPS) is 15.1. The second-order valence-electron chi connectivity index (χ2n) is 2.96. The van der Waals surface area contributed by atoms with Gasteiger partial charge in [-0.1, -0.05) is 9.81 Å². The van der Waals surface area contributed by atoms with Gasteiger partial charge in [0.25, 0.3) is 0 Å². The molecule has 9 heteroatoms. The van der Waals surface area contributed by atoms with E-state index in [2.05, 4.69) is 20.1 Å². The third-order valence-corrected chi connectivity index (χ3v) is 2.93. The van der Waals surface area contributed by atoms with Gasteiger partial charge in [0, 0.05) is 0 Å². The predicted molar refractivity (Wildman–Crippen MR) is 42.6 cm³/mol. The molecule has 0 bridgehead atoms. The second kappa shape index (κ2) is 2.58. The molecule has 2 aromatic rings. The molecule has 7 nitrogen and oxygen atoms in total. The molecule has 0 unspecified atom stereocenters. The van der Waals surface area contributed by atoms with Gasteiger partial charge >= 0.3 is 0 Å². The van der Waals surface area contributed by atoms with Gasteiger partial charge in [-0.3, -0.25) is 4.21 Å². The summed E-state index contributed by atoms with van der Waals surface area (Å²) in [6, 6.07) is 1.57. The first-order valence-electron chi connectivity index (χ1n) is 3.65. The van der Waals surface area contributed by atoms with Crippen molar-refractivity contribution < 1.29 is 27.5 Å². The summed E-state index contributed by atoms with van der Waals surface area (Å²) >= 11 is 0. The van der Waals surface area contributed by atoms with Crippen molar-refractivity contribution in [1.82, 2.24) is 10.3 Å². The van der Waals surface area contributed by atoms with Gasteiger partial charge in [-0.15, -0.1) is 0 Å². The van der Waals surface area contributed by atoms with Crippen molar-refractivity contribution in [2.75, 3.05) is 0 Å². The van der Waals surface area contributed by atoms with E-state index >= 15 is 0 Å². The Bertz CT molecular complexity index is 592. The number of quaternary nitrogens is 1. The van der Waals surface area contributed by atoms with Crippen LogP contribution in [0.2, 0.25) is 0 Å². The fourth-order valence-corrected chi connectivity index (χ4v) is 1.97. The predicted octanol–water partition coefficient (Wildman–Crippen LogP) is -1.04. The molecule has 15 heavy (non-hydrogen) atoms. The molecular weight excluding hydrogens is 229 g/mol. The largest absolute Gasteiger partial charge is 0.755 e. The van der Waals surface area contributed by atoms with E-state index < -0.39 is 31.6 Å². The number of aromatic nitrogens is 2. The zero-order valence-corrected chi connectivity index (χ0v) is 7.99. The van der Waals surface area contributed by atoms with E-state index in [0.29, 0.717) is 0 Å². The minimum absolute atomic E-state index is 0.415. The Hall–Kier alpha value is -1.42. The SMILES string of the molecule is [NH3+]S(=O)([O-])([O-])c1ccc(F)c2nonc12. The summed E-state index contributed by atoms with van der Waals surface area (Å²) in [5.74, 6) is -0.827. The molecule has 82 valence electrons. The molecule has 0 aliphatic rings. The molecule has 1 heterocycles. The molecule has 0 spiro atoms. The minimum atomic E-state index is -5.73. The van der Waals surface area contributed by atoms with Gasteiger partial charge in [0.15, 0.2) is 16.9 Å². The van der Waals surface area contributed by atoms with Crippen LogP contribution in [0.25, 0.3) is 11.0 Å². The lowest BCUT2D eigenvalue weighted by Crippen LogP contribution is -2.73. The van der Waals surface area contributed by atoms with Crippen molar-refractivity contribution in [3.8, 4) is 0 Å². The van der Waals surface area contributed by atoms with Gasteiger partial charge in [-0.25, -0.2) is 9.02 Å². The maximum Gasteiger partial charge on any atom is 0.172 e. The summed E-state index contributed by atoms with van der Waals surface area (Å²) in [6.07, 6.45) is 0. The van der Waals surface area contributed by atoms with Crippen molar-refractivity contribution in [3.63, 3.8) is 0 Å². The molecule has 2 rings (SSSR count). The van der Waals surface area contributed by atoms with Gasteiger partial charge in [0.2, 0.25) is 0 Å². The molecular formula is C6H5FN3O4S-. The Balaban J connectivity index is 2.91. The third-order valence-electron chi connectivity index (χ3n) is 1.75. The summed E-state index contributed by atoms with van der Waals surface area (Å²) in [5, 5.41) is 8.83. The van der Waals surface area contributed by atoms with Crippen LogP contribution in [0.15, 0.2) is 21.7 Å². The molecule has 0 saturated heterocycles. The Labute approximate surface area is 82.2 Å². The summed E-state index contributed by atoms with van der Waals surface area (Å²) < 4.78 is 50.7. The Morgan fingerprint density at radius 3 is 2.53 bits per heavy atom. The van der Waals surface area contributed by atoms with Gasteiger partial charge in [-0.2, -0.15) is 0 Å². The fraction of sp³-hybridized carbons (Fsp3) is 0. The molecule has 0 aliphatic carbocycles. The lowest BCUT2D eigenvalue weighted by molar-refractivity contribution is -0.213. The fourth-order valence-electron chi connectivity index (χ4n) is 1.13. The quantitative estimate of drug-likeness (QED) is 0.670. The van der Waals surface area contributed by atoms with Crippen molar-refractivity contribution in [2.45, 2.75) is 4.90 Å². The van der Waals surface area contributed by atoms with Crippen LogP contribution in [0.3, 0.4) is 0 Å². The maximum atomic E-state index is 13.0. The first kappa shape index (κ1) is 10.1. The maximum absolute atomic E-state index is 13.0. The summed E-state index contributed by atoms with van der Waals surface area (Å²) in [6.45, 7) is 0.